The van der Waals surface area contributed by atoms with Crippen LogP contribution in [0.1, 0.15) is 12.5 Å². The Labute approximate surface area is 152 Å². The standard InChI is InChI=1S/C20H22N2O4/c1-14(21-19(23)12-9-15-7-5-4-6-8-15)20(24)22-16-10-11-17(25-2)18(13-16)26-3/h4-14H,1-3H3,(H,21,23)(H,22,24)/b12-9+. The number of methoxy groups -OCH3 is 2. The van der Waals surface area contributed by atoms with Crippen LogP contribution in [0.25, 0.3) is 6.08 Å². The summed E-state index contributed by atoms with van der Waals surface area (Å²) in [4.78, 5) is 24.2. The van der Waals surface area contributed by atoms with Crippen molar-refractivity contribution in [3.8, 4) is 11.5 Å². The van der Waals surface area contributed by atoms with Gasteiger partial charge in [0.25, 0.3) is 0 Å². The van der Waals surface area contributed by atoms with Gasteiger partial charge in [0.2, 0.25) is 11.8 Å². The van der Waals surface area contributed by atoms with Crippen LogP contribution in [-0.4, -0.2) is 32.1 Å². The van der Waals surface area contributed by atoms with Crippen LogP contribution >= 0.6 is 0 Å². The van der Waals surface area contributed by atoms with E-state index in [0.717, 1.165) is 5.56 Å². The fourth-order valence-electron chi connectivity index (χ4n) is 2.23. The van der Waals surface area contributed by atoms with Crippen LogP contribution in [0.3, 0.4) is 0 Å². The quantitative estimate of drug-likeness (QED) is 0.750. The largest absolute Gasteiger partial charge is 0.493 e. The molecule has 0 heterocycles. The second kappa shape index (κ2) is 9.27. The molecule has 0 bridgehead atoms. The molecule has 0 saturated heterocycles. The lowest BCUT2D eigenvalue weighted by molar-refractivity contribution is -0.123. The molecule has 2 aromatic rings. The number of anilines is 1. The number of amides is 2. The van der Waals surface area contributed by atoms with Crippen molar-refractivity contribution in [3.05, 3.63) is 60.2 Å². The van der Waals surface area contributed by atoms with E-state index < -0.39 is 6.04 Å². The monoisotopic (exact) mass is 354 g/mol. The number of hydrogen-bond acceptors (Lipinski definition) is 4. The van der Waals surface area contributed by atoms with E-state index in [9.17, 15) is 9.59 Å². The van der Waals surface area contributed by atoms with E-state index in [1.54, 1.807) is 31.2 Å². The van der Waals surface area contributed by atoms with E-state index in [1.807, 2.05) is 30.3 Å². The lowest BCUT2D eigenvalue weighted by Gasteiger charge is -2.14. The molecule has 0 saturated carbocycles. The molecular weight excluding hydrogens is 332 g/mol. The summed E-state index contributed by atoms with van der Waals surface area (Å²) in [6.45, 7) is 1.62. The zero-order chi connectivity index (χ0) is 18.9. The van der Waals surface area contributed by atoms with E-state index in [4.69, 9.17) is 9.47 Å². The number of carbonyl (C=O) groups excluding carboxylic acids is 2. The Bertz CT molecular complexity index is 788. The Morgan fingerprint density at radius 1 is 1.00 bits per heavy atom. The maximum absolute atomic E-state index is 12.3. The van der Waals surface area contributed by atoms with E-state index in [0.29, 0.717) is 17.2 Å². The summed E-state index contributed by atoms with van der Waals surface area (Å²) in [5.74, 6) is 0.396. The van der Waals surface area contributed by atoms with Crippen LogP contribution < -0.4 is 20.1 Å². The van der Waals surface area contributed by atoms with Gasteiger partial charge in [0.15, 0.2) is 11.5 Å². The topological polar surface area (TPSA) is 76.7 Å². The Morgan fingerprint density at radius 2 is 1.69 bits per heavy atom. The summed E-state index contributed by atoms with van der Waals surface area (Å²) in [6.07, 6.45) is 3.09. The summed E-state index contributed by atoms with van der Waals surface area (Å²) < 4.78 is 10.4. The Kier molecular flexibility index (Phi) is 6.79. The second-order valence-electron chi connectivity index (χ2n) is 5.53. The third kappa shape index (κ3) is 5.37. The normalized spacial score (nSPS) is 11.7. The van der Waals surface area contributed by atoms with Crippen LogP contribution in [0, 0.1) is 0 Å². The SMILES string of the molecule is COc1ccc(NC(=O)C(C)NC(=O)/C=C/c2ccccc2)cc1OC. The summed E-state index contributed by atoms with van der Waals surface area (Å²) >= 11 is 0. The third-order valence-corrected chi connectivity index (χ3v) is 3.63. The molecule has 0 spiro atoms. The smallest absolute Gasteiger partial charge is 0.246 e. The van der Waals surface area contributed by atoms with Crippen molar-refractivity contribution in [3.63, 3.8) is 0 Å². The zero-order valence-electron chi connectivity index (χ0n) is 15.0. The number of rotatable bonds is 7. The first-order valence-electron chi connectivity index (χ1n) is 8.10. The highest BCUT2D eigenvalue weighted by Gasteiger charge is 2.15. The second-order valence-corrected chi connectivity index (χ2v) is 5.53. The van der Waals surface area contributed by atoms with Gasteiger partial charge in [0, 0.05) is 17.8 Å². The van der Waals surface area contributed by atoms with Gasteiger partial charge in [0.1, 0.15) is 6.04 Å². The Morgan fingerprint density at radius 3 is 2.35 bits per heavy atom. The number of nitrogens with one attached hydrogen (secondary N) is 2. The average molecular weight is 354 g/mol. The molecule has 136 valence electrons. The molecule has 0 aliphatic rings. The summed E-state index contributed by atoms with van der Waals surface area (Å²) in [7, 11) is 3.06. The van der Waals surface area contributed by atoms with Gasteiger partial charge in [-0.2, -0.15) is 0 Å². The van der Waals surface area contributed by atoms with Gasteiger partial charge in [-0.15, -0.1) is 0 Å². The minimum atomic E-state index is -0.698. The number of ether oxygens (including phenoxy) is 2. The highest BCUT2D eigenvalue weighted by molar-refractivity contribution is 5.99. The van der Waals surface area contributed by atoms with E-state index >= 15 is 0 Å². The predicted molar refractivity (Wildman–Crippen MR) is 101 cm³/mol. The molecular formula is C20H22N2O4. The van der Waals surface area contributed by atoms with Crippen molar-refractivity contribution in [2.75, 3.05) is 19.5 Å². The van der Waals surface area contributed by atoms with E-state index in [2.05, 4.69) is 10.6 Å². The molecule has 1 unspecified atom stereocenters. The third-order valence-electron chi connectivity index (χ3n) is 3.63. The highest BCUT2D eigenvalue weighted by Crippen LogP contribution is 2.29. The lowest BCUT2D eigenvalue weighted by atomic mass is 10.2. The molecule has 0 aliphatic heterocycles. The predicted octanol–water partition coefficient (Wildman–Crippen LogP) is 2.86. The fraction of sp³-hybridized carbons (Fsp3) is 0.200. The molecule has 1 atom stereocenters. The highest BCUT2D eigenvalue weighted by atomic mass is 16.5. The first kappa shape index (κ1) is 19.1. The number of benzene rings is 2. The van der Waals surface area contributed by atoms with Gasteiger partial charge in [0.05, 0.1) is 14.2 Å². The maximum Gasteiger partial charge on any atom is 0.246 e. The van der Waals surface area contributed by atoms with Crippen molar-refractivity contribution in [1.29, 1.82) is 0 Å². The van der Waals surface area contributed by atoms with Crippen molar-refractivity contribution in [2.24, 2.45) is 0 Å². The van der Waals surface area contributed by atoms with Gasteiger partial charge >= 0.3 is 0 Å². The van der Waals surface area contributed by atoms with Crippen LogP contribution in [0.4, 0.5) is 5.69 Å². The number of hydrogen-bond donors (Lipinski definition) is 2. The van der Waals surface area contributed by atoms with Crippen LogP contribution in [0.5, 0.6) is 11.5 Å². The van der Waals surface area contributed by atoms with Gasteiger partial charge < -0.3 is 20.1 Å². The summed E-state index contributed by atoms with van der Waals surface area (Å²) in [6, 6.07) is 13.8. The van der Waals surface area contributed by atoms with Gasteiger partial charge in [-0.3, -0.25) is 9.59 Å². The molecule has 26 heavy (non-hydrogen) atoms. The van der Waals surface area contributed by atoms with E-state index in [-0.39, 0.29) is 11.8 Å². The summed E-state index contributed by atoms with van der Waals surface area (Å²) in [5.41, 5.74) is 1.46. The van der Waals surface area contributed by atoms with Gasteiger partial charge in [-0.05, 0) is 30.7 Å². The van der Waals surface area contributed by atoms with E-state index in [1.165, 1.54) is 20.3 Å². The molecule has 0 fully saturated rings. The van der Waals surface area contributed by atoms with Gasteiger partial charge in [-0.1, -0.05) is 30.3 Å². The number of carbonyl (C=O) groups is 2. The first-order valence-corrected chi connectivity index (χ1v) is 8.10. The van der Waals surface area contributed by atoms with Crippen molar-refractivity contribution in [2.45, 2.75) is 13.0 Å². The van der Waals surface area contributed by atoms with Crippen molar-refractivity contribution < 1.29 is 19.1 Å². The average Bonchev–Trinajstić information content (AvgIpc) is 2.67. The van der Waals surface area contributed by atoms with Crippen molar-refractivity contribution >= 4 is 23.6 Å². The Hall–Kier alpha value is -3.28. The fourth-order valence-corrected chi connectivity index (χ4v) is 2.23. The molecule has 0 aliphatic carbocycles. The van der Waals surface area contributed by atoms with Crippen LogP contribution in [0.2, 0.25) is 0 Å². The molecule has 2 aromatic carbocycles. The molecule has 2 rings (SSSR count). The minimum absolute atomic E-state index is 0.335. The molecule has 2 amide bonds. The van der Waals surface area contributed by atoms with Crippen LogP contribution in [0.15, 0.2) is 54.6 Å². The molecule has 6 nitrogen and oxygen atoms in total. The molecule has 2 N–H and O–H groups in total. The first-order chi connectivity index (χ1) is 12.5. The molecule has 0 aromatic heterocycles. The van der Waals surface area contributed by atoms with Crippen molar-refractivity contribution in [1.82, 2.24) is 5.32 Å². The molecule has 6 heteroatoms. The Balaban J connectivity index is 1.93. The minimum Gasteiger partial charge on any atom is -0.493 e. The lowest BCUT2D eigenvalue weighted by Crippen LogP contribution is -2.40. The molecule has 0 radical (unpaired) electrons. The van der Waals surface area contributed by atoms with Crippen LogP contribution in [-0.2, 0) is 9.59 Å². The summed E-state index contributed by atoms with van der Waals surface area (Å²) in [5, 5.41) is 5.36. The zero-order valence-corrected chi connectivity index (χ0v) is 15.0. The van der Waals surface area contributed by atoms with Gasteiger partial charge in [-0.25, -0.2) is 0 Å². The maximum atomic E-state index is 12.3.